The van der Waals surface area contributed by atoms with Gasteiger partial charge >= 0.3 is 5.97 Å². The predicted octanol–water partition coefficient (Wildman–Crippen LogP) is 1.00. The summed E-state index contributed by atoms with van der Waals surface area (Å²) in [6.45, 7) is 9.39. The molecule has 0 aromatic heterocycles. The van der Waals surface area contributed by atoms with E-state index in [1.54, 1.807) is 0 Å². The zero-order valence-electron chi connectivity index (χ0n) is 9.29. The average Bonchev–Trinajstić information content (AvgIpc) is 2.15. The maximum absolute atomic E-state index is 10.9. The van der Waals surface area contributed by atoms with E-state index in [0.717, 1.165) is 12.7 Å². The molecule has 0 bridgehead atoms. The molecule has 0 amide bonds. The van der Waals surface area contributed by atoms with E-state index in [1.807, 2.05) is 20.8 Å². The Morgan fingerprint density at radius 3 is 2.64 bits per heavy atom. The van der Waals surface area contributed by atoms with Crippen molar-refractivity contribution in [3.05, 3.63) is 12.7 Å². The zero-order valence-corrected chi connectivity index (χ0v) is 10.7. The minimum Gasteiger partial charge on any atom is -0.464 e. The van der Waals surface area contributed by atoms with E-state index in [0.29, 0.717) is 0 Å². The Balaban J connectivity index is 3.68. The molecule has 82 valence electrons. The molecule has 1 atom stereocenters. The van der Waals surface area contributed by atoms with Crippen LogP contribution in [-0.2, 0) is 14.3 Å². The van der Waals surface area contributed by atoms with E-state index in [-0.39, 0.29) is 17.8 Å². The summed E-state index contributed by atoms with van der Waals surface area (Å²) in [7, 11) is -0.483. The van der Waals surface area contributed by atoms with Crippen LogP contribution in [0.2, 0.25) is 0 Å². The van der Waals surface area contributed by atoms with Crippen molar-refractivity contribution in [2.45, 2.75) is 39.0 Å². The summed E-state index contributed by atoms with van der Waals surface area (Å²) in [4.78, 5) is 10.9. The van der Waals surface area contributed by atoms with Gasteiger partial charge in [-0.1, -0.05) is 13.5 Å². The molecule has 0 aromatic rings. The molecule has 0 fully saturated rings. The Labute approximate surface area is 88.3 Å². The first-order chi connectivity index (χ1) is 6.60. The number of ether oxygens (including phenoxy) is 2. The molecule has 0 aliphatic carbocycles. The SMILES string of the molecule is C=CC(=O)OC(CC)[SiH2]COC(C)C. The summed E-state index contributed by atoms with van der Waals surface area (Å²) < 4.78 is 10.6. The van der Waals surface area contributed by atoms with Crippen molar-refractivity contribution >= 4 is 15.5 Å². The molecule has 0 N–H and O–H groups in total. The number of hydrogen-bond donors (Lipinski definition) is 0. The summed E-state index contributed by atoms with van der Waals surface area (Å²) in [6, 6.07) is 0. The van der Waals surface area contributed by atoms with E-state index >= 15 is 0 Å². The van der Waals surface area contributed by atoms with Gasteiger partial charge in [0.25, 0.3) is 0 Å². The van der Waals surface area contributed by atoms with Crippen molar-refractivity contribution < 1.29 is 14.3 Å². The summed E-state index contributed by atoms with van der Waals surface area (Å²) >= 11 is 0. The van der Waals surface area contributed by atoms with Crippen LogP contribution in [-0.4, -0.2) is 33.6 Å². The second-order valence-electron chi connectivity index (χ2n) is 3.38. The monoisotopic (exact) mass is 216 g/mol. The maximum Gasteiger partial charge on any atom is 0.330 e. The lowest BCUT2D eigenvalue weighted by molar-refractivity contribution is -0.139. The maximum atomic E-state index is 10.9. The van der Waals surface area contributed by atoms with Gasteiger partial charge in [-0.2, -0.15) is 0 Å². The lowest BCUT2D eigenvalue weighted by Gasteiger charge is -2.15. The van der Waals surface area contributed by atoms with Gasteiger partial charge in [0.1, 0.15) is 9.52 Å². The smallest absolute Gasteiger partial charge is 0.330 e. The topological polar surface area (TPSA) is 35.5 Å². The van der Waals surface area contributed by atoms with Gasteiger partial charge in [0.15, 0.2) is 0 Å². The van der Waals surface area contributed by atoms with Gasteiger partial charge in [-0.15, -0.1) is 0 Å². The Bertz CT molecular complexity index is 180. The minimum atomic E-state index is -0.483. The first kappa shape index (κ1) is 13.4. The van der Waals surface area contributed by atoms with Gasteiger partial charge in [0.05, 0.1) is 11.8 Å². The highest BCUT2D eigenvalue weighted by Crippen LogP contribution is 1.98. The van der Waals surface area contributed by atoms with Crippen LogP contribution in [0.1, 0.15) is 27.2 Å². The number of carbonyl (C=O) groups is 1. The van der Waals surface area contributed by atoms with Crippen LogP contribution in [0, 0.1) is 0 Å². The van der Waals surface area contributed by atoms with E-state index in [9.17, 15) is 4.79 Å². The largest absolute Gasteiger partial charge is 0.464 e. The number of carbonyl (C=O) groups excluding carboxylic acids is 1. The van der Waals surface area contributed by atoms with Crippen molar-refractivity contribution in [1.29, 1.82) is 0 Å². The second kappa shape index (κ2) is 7.76. The third kappa shape index (κ3) is 6.86. The molecule has 14 heavy (non-hydrogen) atoms. The highest BCUT2D eigenvalue weighted by molar-refractivity contribution is 6.37. The standard InChI is InChI=1S/C10H20O3Si/c1-5-9(11)13-10(6-2)14-7-12-8(3)4/h5,8,10H,1,6-7,14H2,2-4H3. The fourth-order valence-electron chi connectivity index (χ4n) is 0.994. The zero-order chi connectivity index (χ0) is 11.0. The highest BCUT2D eigenvalue weighted by Gasteiger charge is 2.10. The summed E-state index contributed by atoms with van der Waals surface area (Å²) in [5, 5.41) is 0. The van der Waals surface area contributed by atoms with Crippen molar-refractivity contribution in [1.82, 2.24) is 0 Å². The van der Waals surface area contributed by atoms with Crippen molar-refractivity contribution in [2.24, 2.45) is 0 Å². The Hall–Kier alpha value is -0.613. The van der Waals surface area contributed by atoms with Crippen LogP contribution in [0.25, 0.3) is 0 Å². The van der Waals surface area contributed by atoms with Gasteiger partial charge in [0.2, 0.25) is 0 Å². The summed E-state index contributed by atoms with van der Waals surface area (Å²) in [5.74, 6) is -0.325. The van der Waals surface area contributed by atoms with Crippen LogP contribution in [0.4, 0.5) is 0 Å². The van der Waals surface area contributed by atoms with Crippen molar-refractivity contribution in [3.63, 3.8) is 0 Å². The molecule has 1 unspecified atom stereocenters. The molecule has 0 aliphatic rings. The number of esters is 1. The molecule has 0 heterocycles. The normalized spacial score (nSPS) is 13.4. The average molecular weight is 216 g/mol. The molecule has 0 spiro atoms. The van der Waals surface area contributed by atoms with Crippen molar-refractivity contribution in [2.75, 3.05) is 6.23 Å². The van der Waals surface area contributed by atoms with Crippen LogP contribution in [0.3, 0.4) is 0 Å². The molecule has 0 aromatic carbocycles. The molecule has 0 saturated heterocycles. The summed E-state index contributed by atoms with van der Waals surface area (Å²) in [5.41, 5.74) is 0.0826. The lowest BCUT2D eigenvalue weighted by Crippen LogP contribution is -2.27. The van der Waals surface area contributed by atoms with Gasteiger partial charge in [-0.25, -0.2) is 4.79 Å². The van der Waals surface area contributed by atoms with E-state index < -0.39 is 9.52 Å². The molecular weight excluding hydrogens is 196 g/mol. The second-order valence-corrected chi connectivity index (χ2v) is 5.28. The fraction of sp³-hybridized carbons (Fsp3) is 0.700. The van der Waals surface area contributed by atoms with Gasteiger partial charge < -0.3 is 9.47 Å². The third-order valence-corrected chi connectivity index (χ3v) is 3.66. The van der Waals surface area contributed by atoms with Crippen LogP contribution >= 0.6 is 0 Å². The summed E-state index contributed by atoms with van der Waals surface area (Å²) in [6.07, 6.45) is 3.10. The first-order valence-electron chi connectivity index (χ1n) is 5.04. The predicted molar refractivity (Wildman–Crippen MR) is 60.0 cm³/mol. The molecular formula is C10H20O3Si. The van der Waals surface area contributed by atoms with Crippen molar-refractivity contribution in [3.8, 4) is 0 Å². The number of rotatable bonds is 7. The quantitative estimate of drug-likeness (QED) is 0.362. The van der Waals surface area contributed by atoms with Crippen LogP contribution in [0.15, 0.2) is 12.7 Å². The van der Waals surface area contributed by atoms with E-state index in [4.69, 9.17) is 9.47 Å². The van der Waals surface area contributed by atoms with Gasteiger partial charge in [-0.05, 0) is 20.3 Å². The highest BCUT2D eigenvalue weighted by atomic mass is 28.2. The van der Waals surface area contributed by atoms with Crippen LogP contribution in [0.5, 0.6) is 0 Å². The molecule has 0 aliphatic heterocycles. The Morgan fingerprint density at radius 2 is 2.21 bits per heavy atom. The third-order valence-electron chi connectivity index (χ3n) is 1.80. The first-order valence-corrected chi connectivity index (χ1v) is 6.86. The minimum absolute atomic E-state index is 0.0826. The molecule has 3 nitrogen and oxygen atoms in total. The van der Waals surface area contributed by atoms with E-state index in [1.165, 1.54) is 6.08 Å². The molecule has 0 radical (unpaired) electrons. The lowest BCUT2D eigenvalue weighted by atomic mass is 10.5. The van der Waals surface area contributed by atoms with Crippen LogP contribution < -0.4 is 0 Å². The number of hydrogen-bond acceptors (Lipinski definition) is 3. The van der Waals surface area contributed by atoms with Gasteiger partial charge in [0, 0.05) is 12.3 Å². The molecule has 0 rings (SSSR count). The van der Waals surface area contributed by atoms with Gasteiger partial charge in [-0.3, -0.25) is 0 Å². The Kier molecular flexibility index (Phi) is 7.42. The molecule has 4 heteroatoms. The molecule has 0 saturated carbocycles. The fourth-order valence-corrected chi connectivity index (χ4v) is 2.55. The van der Waals surface area contributed by atoms with E-state index in [2.05, 4.69) is 6.58 Å². The Morgan fingerprint density at radius 1 is 1.57 bits per heavy atom.